The lowest BCUT2D eigenvalue weighted by Crippen LogP contribution is -2.52. The number of amides is 3. The lowest BCUT2D eigenvalue weighted by Gasteiger charge is -2.22. The van der Waals surface area contributed by atoms with E-state index in [4.69, 9.17) is 9.94 Å². The van der Waals surface area contributed by atoms with Crippen molar-refractivity contribution in [1.82, 2.24) is 16.1 Å². The molecule has 0 radical (unpaired) electrons. The van der Waals surface area contributed by atoms with Gasteiger partial charge in [-0.25, -0.2) is 10.3 Å². The summed E-state index contributed by atoms with van der Waals surface area (Å²) in [7, 11) is 0. The number of benzene rings is 2. The number of hydroxylamine groups is 1. The third-order valence-electron chi connectivity index (χ3n) is 4.42. The van der Waals surface area contributed by atoms with Crippen LogP contribution in [0.2, 0.25) is 0 Å². The molecule has 0 bridgehead atoms. The van der Waals surface area contributed by atoms with Crippen LogP contribution in [0.15, 0.2) is 48.5 Å². The molecule has 8 nitrogen and oxygen atoms in total. The molecule has 0 saturated carbocycles. The summed E-state index contributed by atoms with van der Waals surface area (Å²) in [6.45, 7) is 6.95. The summed E-state index contributed by atoms with van der Waals surface area (Å²) in [5.74, 6) is -1.38. The smallest absolute Gasteiger partial charge is 0.407 e. The van der Waals surface area contributed by atoms with Crippen molar-refractivity contribution in [2.45, 2.75) is 45.8 Å². The second-order valence-electron chi connectivity index (χ2n) is 8.01. The number of carbonyl (C=O) groups is 3. The second kappa shape index (κ2) is 10.6. The van der Waals surface area contributed by atoms with Gasteiger partial charge in [-0.3, -0.25) is 14.8 Å². The summed E-state index contributed by atoms with van der Waals surface area (Å²) < 4.78 is 5.10. The Hall–Kier alpha value is -3.39. The first-order valence-electron chi connectivity index (χ1n) is 10.0. The first kappa shape index (κ1) is 23.9. The molecule has 0 aliphatic carbocycles. The van der Waals surface area contributed by atoms with Crippen LogP contribution in [0.5, 0.6) is 0 Å². The van der Waals surface area contributed by atoms with Crippen molar-refractivity contribution in [3.63, 3.8) is 0 Å². The van der Waals surface area contributed by atoms with E-state index >= 15 is 0 Å². The number of nitrogens with one attached hydrogen (secondary N) is 3. The lowest BCUT2D eigenvalue weighted by molar-refractivity contribution is -0.131. The van der Waals surface area contributed by atoms with Crippen LogP contribution in [0.1, 0.15) is 43.6 Å². The third-order valence-corrected chi connectivity index (χ3v) is 4.42. The van der Waals surface area contributed by atoms with Gasteiger partial charge in [0.15, 0.2) is 0 Å². The van der Waals surface area contributed by atoms with Crippen LogP contribution in [0.25, 0.3) is 11.1 Å². The van der Waals surface area contributed by atoms with E-state index < -0.39 is 29.6 Å². The van der Waals surface area contributed by atoms with Crippen LogP contribution >= 0.6 is 0 Å². The zero-order valence-electron chi connectivity index (χ0n) is 18.2. The fourth-order valence-corrected chi connectivity index (χ4v) is 2.78. The summed E-state index contributed by atoms with van der Waals surface area (Å²) in [5.41, 5.74) is 4.34. The third kappa shape index (κ3) is 7.42. The molecule has 0 aromatic heterocycles. The van der Waals surface area contributed by atoms with Crippen molar-refractivity contribution < 1.29 is 24.3 Å². The molecule has 2 rings (SSSR count). The summed E-state index contributed by atoms with van der Waals surface area (Å²) in [6, 6.07) is 13.9. The van der Waals surface area contributed by atoms with E-state index in [2.05, 4.69) is 29.7 Å². The van der Waals surface area contributed by atoms with Gasteiger partial charge in [-0.1, -0.05) is 43.3 Å². The number of hydrogen-bond donors (Lipinski definition) is 4. The number of alkyl carbamates (subject to hydrolysis) is 1. The molecule has 0 heterocycles. The first-order chi connectivity index (χ1) is 14.6. The average Bonchev–Trinajstić information content (AvgIpc) is 2.75. The Morgan fingerprint density at radius 2 is 1.52 bits per heavy atom. The minimum absolute atomic E-state index is 0.255. The minimum Gasteiger partial charge on any atom is -0.444 e. The maximum Gasteiger partial charge on any atom is 0.407 e. The highest BCUT2D eigenvalue weighted by Gasteiger charge is 2.23. The Morgan fingerprint density at radius 1 is 0.968 bits per heavy atom. The van der Waals surface area contributed by atoms with E-state index in [9.17, 15) is 14.4 Å². The molecule has 0 fully saturated rings. The van der Waals surface area contributed by atoms with Crippen LogP contribution in [-0.2, 0) is 16.0 Å². The topological polar surface area (TPSA) is 117 Å². The summed E-state index contributed by atoms with van der Waals surface area (Å²) >= 11 is 0. The van der Waals surface area contributed by atoms with Crippen LogP contribution in [0.3, 0.4) is 0 Å². The number of carbonyl (C=O) groups excluding carboxylic acids is 3. The van der Waals surface area contributed by atoms with Gasteiger partial charge < -0.3 is 15.4 Å². The Kier molecular flexibility index (Phi) is 8.15. The largest absolute Gasteiger partial charge is 0.444 e. The Labute approximate surface area is 181 Å². The molecule has 2 aromatic rings. The first-order valence-corrected chi connectivity index (χ1v) is 10.0. The van der Waals surface area contributed by atoms with Gasteiger partial charge in [-0.2, -0.15) is 0 Å². The molecule has 1 atom stereocenters. The molecule has 8 heteroatoms. The average molecular weight is 428 g/mol. The zero-order chi connectivity index (χ0) is 23.0. The van der Waals surface area contributed by atoms with Crippen molar-refractivity contribution in [2.75, 3.05) is 6.54 Å². The fraction of sp³-hybridized carbons (Fsp3) is 0.348. The Morgan fingerprint density at radius 3 is 2.00 bits per heavy atom. The van der Waals surface area contributed by atoms with E-state index in [1.807, 2.05) is 24.3 Å². The van der Waals surface area contributed by atoms with E-state index in [0.717, 1.165) is 17.5 Å². The van der Waals surface area contributed by atoms with Crippen molar-refractivity contribution in [2.24, 2.45) is 0 Å². The van der Waals surface area contributed by atoms with E-state index in [1.54, 1.807) is 32.9 Å². The molecule has 0 unspecified atom stereocenters. The van der Waals surface area contributed by atoms with Crippen molar-refractivity contribution in [1.29, 1.82) is 0 Å². The zero-order valence-corrected chi connectivity index (χ0v) is 18.2. The van der Waals surface area contributed by atoms with E-state index in [1.165, 1.54) is 11.0 Å². The minimum atomic E-state index is -1.19. The SMILES string of the molecule is CCc1ccc(-c2ccc(C(=O)N[C@@H](CNC(=O)OC(C)(C)C)C(=O)NO)cc2)cc1. The predicted molar refractivity (Wildman–Crippen MR) is 117 cm³/mol. The molecular weight excluding hydrogens is 398 g/mol. The van der Waals surface area contributed by atoms with Crippen molar-refractivity contribution >= 4 is 17.9 Å². The molecule has 0 aliphatic rings. The molecule has 0 spiro atoms. The van der Waals surface area contributed by atoms with Gasteiger partial charge in [0.25, 0.3) is 11.8 Å². The standard InChI is InChI=1S/C23H29N3O5/c1-5-15-6-8-16(9-7-15)17-10-12-18(13-11-17)20(27)25-19(21(28)26-30)14-24-22(29)31-23(2,3)4/h6-13,19,30H,5,14H2,1-4H3,(H,24,29)(H,25,27)(H,26,28)/t19-/m0/s1. The van der Waals surface area contributed by atoms with Crippen LogP contribution in [-0.4, -0.2) is 41.3 Å². The van der Waals surface area contributed by atoms with Crippen molar-refractivity contribution in [3.05, 3.63) is 59.7 Å². The summed E-state index contributed by atoms with van der Waals surface area (Å²) in [5, 5.41) is 13.8. The van der Waals surface area contributed by atoms with E-state index in [0.29, 0.717) is 5.56 Å². The van der Waals surface area contributed by atoms with Gasteiger partial charge in [0.2, 0.25) is 0 Å². The van der Waals surface area contributed by atoms with Crippen LogP contribution in [0, 0.1) is 0 Å². The Bertz CT molecular complexity index is 902. The molecular formula is C23H29N3O5. The number of hydrogen-bond acceptors (Lipinski definition) is 5. The highest BCUT2D eigenvalue weighted by Crippen LogP contribution is 2.20. The van der Waals surface area contributed by atoms with Gasteiger partial charge in [0, 0.05) is 5.56 Å². The maximum atomic E-state index is 12.6. The number of aryl methyl sites for hydroxylation is 1. The number of rotatable bonds is 7. The van der Waals surface area contributed by atoms with Gasteiger partial charge in [-0.05, 0) is 56.0 Å². The van der Waals surface area contributed by atoms with Crippen LogP contribution in [0.4, 0.5) is 4.79 Å². The summed E-state index contributed by atoms with van der Waals surface area (Å²) in [4.78, 5) is 36.3. The van der Waals surface area contributed by atoms with Gasteiger partial charge >= 0.3 is 6.09 Å². The summed E-state index contributed by atoms with van der Waals surface area (Å²) in [6.07, 6.45) is 0.223. The maximum absolute atomic E-state index is 12.6. The second-order valence-corrected chi connectivity index (χ2v) is 8.01. The molecule has 31 heavy (non-hydrogen) atoms. The highest BCUT2D eigenvalue weighted by molar-refractivity contribution is 5.98. The van der Waals surface area contributed by atoms with Gasteiger partial charge in [0.1, 0.15) is 11.6 Å². The quantitative estimate of drug-likeness (QED) is 0.400. The Balaban J connectivity index is 2.03. The molecule has 2 aromatic carbocycles. The van der Waals surface area contributed by atoms with Crippen LogP contribution < -0.4 is 16.1 Å². The highest BCUT2D eigenvalue weighted by atomic mass is 16.6. The van der Waals surface area contributed by atoms with Gasteiger partial charge in [0.05, 0.1) is 6.54 Å². The van der Waals surface area contributed by atoms with Crippen molar-refractivity contribution in [3.8, 4) is 11.1 Å². The molecule has 3 amide bonds. The monoisotopic (exact) mass is 427 g/mol. The predicted octanol–water partition coefficient (Wildman–Crippen LogP) is 3.04. The lowest BCUT2D eigenvalue weighted by atomic mass is 10.0. The fourth-order valence-electron chi connectivity index (χ4n) is 2.78. The normalized spacial score (nSPS) is 11.9. The molecule has 166 valence electrons. The molecule has 0 saturated heterocycles. The molecule has 0 aliphatic heterocycles. The van der Waals surface area contributed by atoms with Gasteiger partial charge in [-0.15, -0.1) is 0 Å². The number of ether oxygens (including phenoxy) is 1. The molecule has 4 N–H and O–H groups in total. The van der Waals surface area contributed by atoms with E-state index in [-0.39, 0.29) is 6.54 Å².